The molecule has 16 heavy (non-hydrogen) atoms. The molecule has 3 heterocycles. The molecule has 1 N–H and O–H groups in total. The molecule has 1 spiro atoms. The topological polar surface area (TPSA) is 28.2 Å². The lowest BCUT2D eigenvalue weighted by atomic mass is 9.81. The summed E-state index contributed by atoms with van der Waals surface area (Å²) in [5.41, 5.74) is 4.18. The van der Waals surface area contributed by atoms with E-state index in [9.17, 15) is 0 Å². The molecule has 0 unspecified atom stereocenters. The lowest BCUT2D eigenvalue weighted by Gasteiger charge is -2.39. The van der Waals surface area contributed by atoms with E-state index in [4.69, 9.17) is 0 Å². The number of aryl methyl sites for hydroxylation is 2. The van der Waals surface area contributed by atoms with Crippen molar-refractivity contribution in [3.8, 4) is 0 Å². The monoisotopic (exact) mass is 217 g/mol. The highest BCUT2D eigenvalue weighted by molar-refractivity contribution is 5.49. The molecular weight excluding hydrogens is 198 g/mol. The van der Waals surface area contributed by atoms with Crippen LogP contribution in [0.1, 0.15) is 17.8 Å². The standard InChI is InChI=1S/C13H19N3/c1-10-5-12(6-11(2)15-10)16-4-3-13(9-16)7-14-8-13/h5-6,14H,3-4,7-9H2,1-2H3. The second-order valence-corrected chi connectivity index (χ2v) is 5.38. The van der Waals surface area contributed by atoms with Crippen molar-refractivity contribution in [3.63, 3.8) is 0 Å². The predicted octanol–water partition coefficient (Wildman–Crippen LogP) is 1.50. The summed E-state index contributed by atoms with van der Waals surface area (Å²) in [4.78, 5) is 6.95. The van der Waals surface area contributed by atoms with Gasteiger partial charge >= 0.3 is 0 Å². The van der Waals surface area contributed by atoms with Crippen LogP contribution in [0.4, 0.5) is 5.69 Å². The molecule has 0 radical (unpaired) electrons. The minimum Gasteiger partial charge on any atom is -0.371 e. The van der Waals surface area contributed by atoms with Crippen molar-refractivity contribution in [3.05, 3.63) is 23.5 Å². The minimum atomic E-state index is 0.574. The van der Waals surface area contributed by atoms with Crippen molar-refractivity contribution in [1.82, 2.24) is 10.3 Å². The maximum atomic E-state index is 4.44. The van der Waals surface area contributed by atoms with Crippen LogP contribution in [0.5, 0.6) is 0 Å². The van der Waals surface area contributed by atoms with E-state index in [0.717, 1.165) is 11.4 Å². The van der Waals surface area contributed by atoms with Crippen LogP contribution in [0.15, 0.2) is 12.1 Å². The maximum Gasteiger partial charge on any atom is 0.0402 e. The van der Waals surface area contributed by atoms with Gasteiger partial charge in [0.1, 0.15) is 0 Å². The number of rotatable bonds is 1. The van der Waals surface area contributed by atoms with E-state index in [1.165, 1.54) is 38.3 Å². The van der Waals surface area contributed by atoms with Crippen molar-refractivity contribution >= 4 is 5.69 Å². The smallest absolute Gasteiger partial charge is 0.0402 e. The number of anilines is 1. The van der Waals surface area contributed by atoms with Crippen molar-refractivity contribution < 1.29 is 0 Å². The quantitative estimate of drug-likeness (QED) is 0.772. The van der Waals surface area contributed by atoms with Crippen LogP contribution in [-0.2, 0) is 0 Å². The van der Waals surface area contributed by atoms with Crippen LogP contribution in [0.25, 0.3) is 0 Å². The Kier molecular flexibility index (Phi) is 2.18. The summed E-state index contributed by atoms with van der Waals surface area (Å²) in [5, 5.41) is 3.40. The van der Waals surface area contributed by atoms with Crippen LogP contribution in [0.2, 0.25) is 0 Å². The van der Waals surface area contributed by atoms with Gasteiger partial charge in [0.25, 0.3) is 0 Å². The zero-order valence-electron chi connectivity index (χ0n) is 10.1. The van der Waals surface area contributed by atoms with Crippen LogP contribution in [-0.4, -0.2) is 31.2 Å². The largest absolute Gasteiger partial charge is 0.371 e. The van der Waals surface area contributed by atoms with Crippen molar-refractivity contribution in [1.29, 1.82) is 0 Å². The highest BCUT2D eigenvalue weighted by Crippen LogP contribution is 2.36. The Morgan fingerprint density at radius 3 is 2.44 bits per heavy atom. The first kappa shape index (κ1) is 10.1. The molecule has 0 bridgehead atoms. The fourth-order valence-electron chi connectivity index (χ4n) is 2.92. The molecule has 86 valence electrons. The summed E-state index contributed by atoms with van der Waals surface area (Å²) < 4.78 is 0. The third-order valence-corrected chi connectivity index (χ3v) is 3.87. The van der Waals surface area contributed by atoms with E-state index in [1.807, 2.05) is 0 Å². The fourth-order valence-corrected chi connectivity index (χ4v) is 2.92. The van der Waals surface area contributed by atoms with Gasteiger partial charge in [0.05, 0.1) is 0 Å². The molecule has 2 saturated heterocycles. The molecule has 3 rings (SSSR count). The summed E-state index contributed by atoms with van der Waals surface area (Å²) in [6, 6.07) is 4.41. The van der Waals surface area contributed by atoms with E-state index >= 15 is 0 Å². The number of hydrogen-bond acceptors (Lipinski definition) is 3. The second kappa shape index (κ2) is 3.45. The van der Waals surface area contributed by atoms with Gasteiger partial charge in [0.2, 0.25) is 0 Å². The second-order valence-electron chi connectivity index (χ2n) is 5.38. The molecule has 0 saturated carbocycles. The summed E-state index contributed by atoms with van der Waals surface area (Å²) in [6.45, 7) is 8.97. The van der Waals surface area contributed by atoms with E-state index in [2.05, 4.69) is 41.2 Å². The lowest BCUT2D eigenvalue weighted by Crippen LogP contribution is -2.54. The number of aromatic nitrogens is 1. The summed E-state index contributed by atoms with van der Waals surface area (Å²) >= 11 is 0. The SMILES string of the molecule is Cc1cc(N2CCC3(CNC3)C2)cc(C)n1. The van der Waals surface area contributed by atoms with E-state index in [1.54, 1.807) is 0 Å². The first-order valence-electron chi connectivity index (χ1n) is 6.08. The molecular formula is C13H19N3. The fraction of sp³-hybridized carbons (Fsp3) is 0.615. The first-order chi connectivity index (χ1) is 7.67. The van der Waals surface area contributed by atoms with E-state index in [0.29, 0.717) is 5.41 Å². The van der Waals surface area contributed by atoms with Gasteiger partial charge < -0.3 is 10.2 Å². The highest BCUT2D eigenvalue weighted by atomic mass is 15.2. The first-order valence-corrected chi connectivity index (χ1v) is 6.08. The third-order valence-electron chi connectivity index (χ3n) is 3.87. The van der Waals surface area contributed by atoms with E-state index in [-0.39, 0.29) is 0 Å². The third kappa shape index (κ3) is 1.59. The van der Waals surface area contributed by atoms with E-state index < -0.39 is 0 Å². The van der Waals surface area contributed by atoms with Crippen molar-refractivity contribution in [2.45, 2.75) is 20.3 Å². The van der Waals surface area contributed by atoms with Gasteiger partial charge in [-0.15, -0.1) is 0 Å². The molecule has 1 aromatic rings. The van der Waals surface area contributed by atoms with Crippen LogP contribution >= 0.6 is 0 Å². The molecule has 0 atom stereocenters. The van der Waals surface area contributed by atoms with Crippen molar-refractivity contribution in [2.75, 3.05) is 31.1 Å². The van der Waals surface area contributed by atoms with Gasteiger partial charge in [0.15, 0.2) is 0 Å². The Bertz CT molecular complexity index is 389. The molecule has 2 fully saturated rings. The Morgan fingerprint density at radius 2 is 1.94 bits per heavy atom. The van der Waals surface area contributed by atoms with Crippen LogP contribution < -0.4 is 10.2 Å². The summed E-state index contributed by atoms with van der Waals surface area (Å²) in [7, 11) is 0. The molecule has 2 aliphatic heterocycles. The lowest BCUT2D eigenvalue weighted by molar-refractivity contribution is 0.200. The van der Waals surface area contributed by atoms with Gasteiger partial charge in [-0.1, -0.05) is 0 Å². The Labute approximate surface area is 96.9 Å². The Morgan fingerprint density at radius 1 is 1.25 bits per heavy atom. The van der Waals surface area contributed by atoms with Crippen LogP contribution in [0.3, 0.4) is 0 Å². The molecule has 2 aliphatic rings. The van der Waals surface area contributed by atoms with Crippen LogP contribution in [0, 0.1) is 19.3 Å². The predicted molar refractivity (Wildman–Crippen MR) is 65.8 cm³/mol. The Hall–Kier alpha value is -1.09. The molecule has 0 aromatic carbocycles. The summed E-state index contributed by atoms with van der Waals surface area (Å²) in [6.07, 6.45) is 1.33. The Balaban J connectivity index is 1.82. The average molecular weight is 217 g/mol. The van der Waals surface area contributed by atoms with Gasteiger partial charge in [-0.05, 0) is 32.4 Å². The normalized spacial score (nSPS) is 22.5. The van der Waals surface area contributed by atoms with Gasteiger partial charge in [-0.25, -0.2) is 0 Å². The minimum absolute atomic E-state index is 0.574. The number of nitrogens with zero attached hydrogens (tertiary/aromatic N) is 2. The number of hydrogen-bond donors (Lipinski definition) is 1. The molecule has 0 amide bonds. The molecule has 3 nitrogen and oxygen atoms in total. The van der Waals surface area contributed by atoms with Gasteiger partial charge in [-0.3, -0.25) is 4.98 Å². The molecule has 0 aliphatic carbocycles. The molecule has 3 heteroatoms. The van der Waals surface area contributed by atoms with Crippen molar-refractivity contribution in [2.24, 2.45) is 5.41 Å². The number of pyridine rings is 1. The summed E-state index contributed by atoms with van der Waals surface area (Å²) in [5.74, 6) is 0. The number of nitrogens with one attached hydrogen (secondary N) is 1. The zero-order valence-corrected chi connectivity index (χ0v) is 10.1. The van der Waals surface area contributed by atoms with Gasteiger partial charge in [0, 0.05) is 48.7 Å². The zero-order chi connectivity index (χ0) is 11.2. The highest BCUT2D eigenvalue weighted by Gasteiger charge is 2.42. The van der Waals surface area contributed by atoms with Gasteiger partial charge in [-0.2, -0.15) is 0 Å². The maximum absolute atomic E-state index is 4.44. The molecule has 1 aromatic heterocycles. The average Bonchev–Trinajstić information content (AvgIpc) is 2.59.